The van der Waals surface area contributed by atoms with Crippen LogP contribution in [-0.4, -0.2) is 39.2 Å². The van der Waals surface area contributed by atoms with E-state index in [0.717, 1.165) is 47.3 Å². The first-order valence-electron chi connectivity index (χ1n) is 8.47. The zero-order chi connectivity index (χ0) is 15.8. The molecule has 2 aliphatic heterocycles. The third kappa shape index (κ3) is 2.82. The van der Waals surface area contributed by atoms with Crippen LogP contribution in [0.5, 0.6) is 0 Å². The molecule has 3 atom stereocenters. The number of nitrogens with one attached hydrogen (secondary N) is 1. The highest BCUT2D eigenvalue weighted by Crippen LogP contribution is 2.30. The molecule has 1 aromatic heterocycles. The van der Waals surface area contributed by atoms with Gasteiger partial charge in [-0.15, -0.1) is 0 Å². The summed E-state index contributed by atoms with van der Waals surface area (Å²) in [5.41, 5.74) is 1.10. The zero-order valence-electron chi connectivity index (χ0n) is 13.5. The maximum atomic E-state index is 13.2. The number of aromatic nitrogens is 1. The number of benzene rings is 1. The number of hydrogen-bond donors (Lipinski definition) is 1. The molecule has 1 N–H and O–H groups in total. The van der Waals surface area contributed by atoms with Crippen LogP contribution in [0.2, 0.25) is 0 Å². The van der Waals surface area contributed by atoms with Crippen LogP contribution >= 0.6 is 0 Å². The maximum absolute atomic E-state index is 13.2. The molecule has 0 saturated carbocycles. The van der Waals surface area contributed by atoms with Gasteiger partial charge in [-0.25, -0.2) is 8.51 Å². The molecular weight excluding hydrogens is 306 g/mol. The van der Waals surface area contributed by atoms with Crippen molar-refractivity contribution in [2.45, 2.75) is 37.1 Å². The summed E-state index contributed by atoms with van der Waals surface area (Å²) in [6, 6.07) is 6.67. The van der Waals surface area contributed by atoms with Crippen LogP contribution in [0.4, 0.5) is 0 Å². The Morgan fingerprint density at radius 2 is 2.22 bits per heavy atom. The normalized spacial score (nSPS) is 26.8. The van der Waals surface area contributed by atoms with Gasteiger partial charge in [0.15, 0.2) is 0 Å². The number of nitrogens with zero attached hydrogens (tertiary/aromatic N) is 2. The predicted molar refractivity (Wildman–Crippen MR) is 93.6 cm³/mol. The van der Waals surface area contributed by atoms with Crippen molar-refractivity contribution in [3.05, 3.63) is 36.2 Å². The number of hydrogen-bond acceptors (Lipinski definition) is 3. The van der Waals surface area contributed by atoms with Crippen LogP contribution in [-0.2, 0) is 11.0 Å². The van der Waals surface area contributed by atoms with Gasteiger partial charge in [-0.3, -0.25) is 4.98 Å². The molecule has 0 spiro atoms. The molecule has 3 heterocycles. The van der Waals surface area contributed by atoms with E-state index in [-0.39, 0.29) is 0 Å². The van der Waals surface area contributed by atoms with E-state index in [2.05, 4.69) is 14.6 Å². The predicted octanol–water partition coefficient (Wildman–Crippen LogP) is 2.64. The Morgan fingerprint density at radius 1 is 1.30 bits per heavy atom. The monoisotopic (exact) mass is 329 g/mol. The van der Waals surface area contributed by atoms with Crippen molar-refractivity contribution in [3.8, 4) is 0 Å². The minimum atomic E-state index is -1.09. The molecule has 3 unspecified atom stereocenters. The Morgan fingerprint density at radius 3 is 3.13 bits per heavy atom. The third-order valence-electron chi connectivity index (χ3n) is 5.21. The van der Waals surface area contributed by atoms with Crippen molar-refractivity contribution in [2.75, 3.05) is 19.6 Å². The van der Waals surface area contributed by atoms with Crippen molar-refractivity contribution in [1.29, 1.82) is 0 Å². The van der Waals surface area contributed by atoms with E-state index in [1.54, 1.807) is 0 Å². The van der Waals surface area contributed by atoms with Gasteiger partial charge in [-0.2, -0.15) is 0 Å². The molecule has 0 bridgehead atoms. The molecule has 2 saturated heterocycles. The summed E-state index contributed by atoms with van der Waals surface area (Å²) in [6.45, 7) is 5.03. The van der Waals surface area contributed by atoms with Gasteiger partial charge in [0.1, 0.15) is 11.0 Å². The van der Waals surface area contributed by atoms with E-state index in [1.807, 2.05) is 37.5 Å². The van der Waals surface area contributed by atoms with Gasteiger partial charge in [0.05, 0.1) is 4.90 Å². The van der Waals surface area contributed by atoms with Crippen LogP contribution < -0.4 is 5.32 Å². The molecule has 1 aromatic carbocycles. The molecular formula is C18H23N3OS. The van der Waals surface area contributed by atoms with E-state index in [9.17, 15) is 4.21 Å². The fourth-order valence-electron chi connectivity index (χ4n) is 4.02. The molecule has 0 radical (unpaired) electrons. The van der Waals surface area contributed by atoms with E-state index in [1.165, 1.54) is 12.8 Å². The van der Waals surface area contributed by atoms with Crippen molar-refractivity contribution >= 4 is 21.8 Å². The Balaban J connectivity index is 1.65. The van der Waals surface area contributed by atoms with E-state index in [4.69, 9.17) is 0 Å². The van der Waals surface area contributed by atoms with Gasteiger partial charge in [-0.05, 0) is 50.3 Å². The highest BCUT2D eigenvalue weighted by Gasteiger charge is 2.33. The molecule has 122 valence electrons. The number of pyridine rings is 1. The standard InChI is InChI=1S/C18H23N3OS/c1-13-10-19-11-14-4-2-6-17(18(13)14)23(22)21-9-7-16-15(12-21)5-3-8-20-16/h2,4,6,10-11,15-16,20H,3,5,7-9,12H2,1H3. The topological polar surface area (TPSA) is 45.2 Å². The maximum Gasteiger partial charge on any atom is 0.128 e. The van der Waals surface area contributed by atoms with Crippen molar-refractivity contribution in [1.82, 2.24) is 14.6 Å². The van der Waals surface area contributed by atoms with E-state index in [0.29, 0.717) is 12.0 Å². The summed E-state index contributed by atoms with van der Waals surface area (Å²) in [7, 11) is -1.09. The summed E-state index contributed by atoms with van der Waals surface area (Å²) in [5, 5.41) is 5.80. The first-order valence-corrected chi connectivity index (χ1v) is 9.58. The molecule has 4 nitrogen and oxygen atoms in total. The second-order valence-corrected chi connectivity index (χ2v) is 8.15. The van der Waals surface area contributed by atoms with Crippen molar-refractivity contribution in [3.63, 3.8) is 0 Å². The highest BCUT2D eigenvalue weighted by molar-refractivity contribution is 7.83. The number of rotatable bonds is 2. The van der Waals surface area contributed by atoms with Gasteiger partial charge >= 0.3 is 0 Å². The minimum Gasteiger partial charge on any atom is -0.314 e. The number of fused-ring (bicyclic) bond motifs is 2. The van der Waals surface area contributed by atoms with Gasteiger partial charge < -0.3 is 5.32 Å². The lowest BCUT2D eigenvalue weighted by Crippen LogP contribution is -2.52. The van der Waals surface area contributed by atoms with Crippen LogP contribution in [0.1, 0.15) is 24.8 Å². The van der Waals surface area contributed by atoms with Gasteiger partial charge in [-0.1, -0.05) is 12.1 Å². The fraction of sp³-hybridized carbons (Fsp3) is 0.500. The summed E-state index contributed by atoms with van der Waals surface area (Å²) in [4.78, 5) is 5.19. The van der Waals surface area contributed by atoms with Crippen molar-refractivity contribution < 1.29 is 4.21 Å². The molecule has 2 aromatic rings. The van der Waals surface area contributed by atoms with Crippen LogP contribution in [0.15, 0.2) is 35.5 Å². The molecule has 5 heteroatoms. The van der Waals surface area contributed by atoms with E-state index >= 15 is 0 Å². The third-order valence-corrected chi connectivity index (χ3v) is 6.73. The molecule has 23 heavy (non-hydrogen) atoms. The Kier molecular flexibility index (Phi) is 4.18. The first kappa shape index (κ1) is 15.2. The largest absolute Gasteiger partial charge is 0.314 e. The molecule has 2 aliphatic rings. The van der Waals surface area contributed by atoms with E-state index < -0.39 is 11.0 Å². The quantitative estimate of drug-likeness (QED) is 0.921. The van der Waals surface area contributed by atoms with Crippen LogP contribution in [0.3, 0.4) is 0 Å². The number of piperidine rings is 2. The summed E-state index contributed by atoms with van der Waals surface area (Å²) < 4.78 is 15.4. The summed E-state index contributed by atoms with van der Waals surface area (Å²) in [5.74, 6) is 0.638. The Bertz CT molecular complexity index is 743. The SMILES string of the molecule is Cc1cncc2cccc(S(=O)N3CCC4NCCCC4C3)c12. The second kappa shape index (κ2) is 6.30. The lowest BCUT2D eigenvalue weighted by molar-refractivity contribution is 0.175. The molecule has 0 amide bonds. The van der Waals surface area contributed by atoms with Crippen LogP contribution in [0, 0.1) is 12.8 Å². The van der Waals surface area contributed by atoms with Crippen LogP contribution in [0.25, 0.3) is 10.8 Å². The summed E-state index contributed by atoms with van der Waals surface area (Å²) in [6.07, 6.45) is 7.31. The Hall–Kier alpha value is -1.30. The minimum absolute atomic E-state index is 0.621. The lowest BCUT2D eigenvalue weighted by Gasteiger charge is -2.41. The highest BCUT2D eigenvalue weighted by atomic mass is 32.2. The second-order valence-electron chi connectivity index (χ2n) is 6.70. The van der Waals surface area contributed by atoms with Gasteiger partial charge in [0, 0.05) is 42.3 Å². The van der Waals surface area contributed by atoms with Crippen molar-refractivity contribution in [2.24, 2.45) is 5.92 Å². The average Bonchev–Trinajstić information content (AvgIpc) is 2.60. The molecule has 0 aliphatic carbocycles. The number of aryl methyl sites for hydroxylation is 1. The summed E-state index contributed by atoms with van der Waals surface area (Å²) >= 11 is 0. The first-order chi connectivity index (χ1) is 11.2. The fourth-order valence-corrected chi connectivity index (χ4v) is 5.54. The Labute approximate surface area is 139 Å². The molecule has 2 fully saturated rings. The van der Waals surface area contributed by atoms with Gasteiger partial charge in [0.2, 0.25) is 0 Å². The average molecular weight is 329 g/mol. The lowest BCUT2D eigenvalue weighted by atomic mass is 9.86. The molecule has 4 rings (SSSR count). The van der Waals surface area contributed by atoms with Gasteiger partial charge in [0.25, 0.3) is 0 Å². The smallest absolute Gasteiger partial charge is 0.128 e. The zero-order valence-corrected chi connectivity index (χ0v) is 14.3.